The maximum Gasteiger partial charge on any atom is 0.323 e. The maximum absolute atomic E-state index is 12.7. The Morgan fingerprint density at radius 2 is 1.85 bits per heavy atom. The number of hydrogen-bond acceptors (Lipinski definition) is 3. The van der Waals surface area contributed by atoms with Crippen molar-refractivity contribution < 1.29 is 14.3 Å². The summed E-state index contributed by atoms with van der Waals surface area (Å²) in [4.78, 5) is 26.6. The lowest BCUT2D eigenvalue weighted by molar-refractivity contribution is 0.00360. The van der Waals surface area contributed by atoms with Gasteiger partial charge in [-0.15, -0.1) is 0 Å². The average Bonchev–Trinajstić information content (AvgIpc) is 2.64. The molecule has 1 aliphatic heterocycles. The number of hydrogen-bond donors (Lipinski definition) is 2. The van der Waals surface area contributed by atoms with E-state index in [0.717, 1.165) is 0 Å². The number of rotatable bonds is 3. The van der Waals surface area contributed by atoms with Crippen LogP contribution in [0.1, 0.15) is 17.3 Å². The van der Waals surface area contributed by atoms with Gasteiger partial charge in [-0.2, -0.15) is 0 Å². The molecule has 2 aromatic rings. The second-order valence-electron chi connectivity index (χ2n) is 6.09. The second-order valence-corrected chi connectivity index (χ2v) is 6.53. The number of carbonyl (C=O) groups excluding carboxylic acids is 2. The van der Waals surface area contributed by atoms with Gasteiger partial charge in [0.1, 0.15) is 0 Å². The predicted octanol–water partition coefficient (Wildman–Crippen LogP) is 3.84. The molecule has 1 fully saturated rings. The molecule has 2 N–H and O–H groups in total. The first kappa shape index (κ1) is 18.2. The molecule has 3 rings (SSSR count). The fourth-order valence-electron chi connectivity index (χ4n) is 2.75. The number of urea groups is 1. The quantitative estimate of drug-likeness (QED) is 0.858. The van der Waals surface area contributed by atoms with Crippen molar-refractivity contribution in [1.82, 2.24) is 4.90 Å². The van der Waals surface area contributed by atoms with E-state index in [2.05, 4.69) is 10.6 Å². The molecule has 2 aromatic carbocycles. The minimum absolute atomic E-state index is 0.0288. The van der Waals surface area contributed by atoms with Crippen molar-refractivity contribution in [3.8, 4) is 0 Å². The molecule has 7 heteroatoms. The van der Waals surface area contributed by atoms with Crippen molar-refractivity contribution in [1.29, 1.82) is 0 Å². The van der Waals surface area contributed by atoms with Crippen LogP contribution >= 0.6 is 11.6 Å². The fourth-order valence-corrected chi connectivity index (χ4v) is 2.88. The largest absolute Gasteiger partial charge is 0.377 e. The monoisotopic (exact) mass is 373 g/mol. The maximum atomic E-state index is 12.7. The molecule has 0 radical (unpaired) electrons. The summed E-state index contributed by atoms with van der Waals surface area (Å²) in [5.41, 5.74) is 1.70. The van der Waals surface area contributed by atoms with Gasteiger partial charge in [-0.25, -0.2) is 4.79 Å². The Bertz CT molecular complexity index is 795. The van der Waals surface area contributed by atoms with Crippen LogP contribution in [0, 0.1) is 0 Å². The van der Waals surface area contributed by atoms with Crippen molar-refractivity contribution in [2.24, 2.45) is 0 Å². The minimum Gasteiger partial charge on any atom is -0.377 e. The number of nitrogens with one attached hydrogen (secondary N) is 2. The summed E-state index contributed by atoms with van der Waals surface area (Å²) in [6, 6.07) is 13.3. The lowest BCUT2D eigenvalue weighted by Crippen LogP contribution is -2.47. The lowest BCUT2D eigenvalue weighted by Gasteiger charge is -2.33. The van der Waals surface area contributed by atoms with Crippen LogP contribution in [0.5, 0.6) is 0 Å². The molecule has 136 valence electrons. The first-order valence-electron chi connectivity index (χ1n) is 8.35. The van der Waals surface area contributed by atoms with E-state index in [9.17, 15) is 9.59 Å². The average molecular weight is 374 g/mol. The van der Waals surface area contributed by atoms with Gasteiger partial charge >= 0.3 is 6.03 Å². The van der Waals surface area contributed by atoms with Gasteiger partial charge in [0.15, 0.2) is 0 Å². The molecule has 1 unspecified atom stereocenters. The van der Waals surface area contributed by atoms with E-state index in [4.69, 9.17) is 16.3 Å². The van der Waals surface area contributed by atoms with Crippen molar-refractivity contribution >= 4 is 34.9 Å². The normalized spacial score (nSPS) is 16.8. The van der Waals surface area contributed by atoms with Crippen LogP contribution in [0.15, 0.2) is 48.5 Å². The van der Waals surface area contributed by atoms with E-state index < -0.39 is 6.03 Å². The van der Waals surface area contributed by atoms with Crippen LogP contribution in [0.2, 0.25) is 5.02 Å². The van der Waals surface area contributed by atoms with Crippen LogP contribution in [0.25, 0.3) is 0 Å². The van der Waals surface area contributed by atoms with Crippen LogP contribution < -0.4 is 10.6 Å². The number of nitrogens with zero attached hydrogens (tertiary/aromatic N) is 1. The van der Waals surface area contributed by atoms with Crippen molar-refractivity contribution in [3.05, 3.63) is 59.1 Å². The Kier molecular flexibility index (Phi) is 5.75. The molecule has 26 heavy (non-hydrogen) atoms. The van der Waals surface area contributed by atoms with Crippen molar-refractivity contribution in [2.75, 3.05) is 30.4 Å². The number of benzene rings is 2. The molecule has 0 bridgehead atoms. The number of amides is 3. The Morgan fingerprint density at radius 1 is 1.12 bits per heavy atom. The summed E-state index contributed by atoms with van der Waals surface area (Å²) in [7, 11) is 0. The SMILES string of the molecule is CC1COCCN1C(=O)c1cccc(NC(=O)Nc2ccc(Cl)cc2)c1. The van der Waals surface area contributed by atoms with Gasteiger partial charge in [0, 0.05) is 28.5 Å². The summed E-state index contributed by atoms with van der Waals surface area (Å²) in [5, 5.41) is 6.05. The molecule has 6 nitrogen and oxygen atoms in total. The molecule has 0 aromatic heterocycles. The molecule has 0 spiro atoms. The van der Waals surface area contributed by atoms with Crippen LogP contribution in [0.3, 0.4) is 0 Å². The first-order valence-corrected chi connectivity index (χ1v) is 8.73. The summed E-state index contributed by atoms with van der Waals surface area (Å²) >= 11 is 5.83. The summed E-state index contributed by atoms with van der Waals surface area (Å²) in [5.74, 6) is -0.0671. The number of carbonyl (C=O) groups is 2. The molecule has 1 saturated heterocycles. The Balaban J connectivity index is 1.65. The highest BCUT2D eigenvalue weighted by Gasteiger charge is 2.24. The second kappa shape index (κ2) is 8.21. The first-order chi connectivity index (χ1) is 12.5. The Hall–Kier alpha value is -2.57. The third-order valence-corrected chi connectivity index (χ3v) is 4.35. The van der Waals surface area contributed by atoms with Gasteiger partial charge < -0.3 is 20.3 Å². The zero-order valence-corrected chi connectivity index (χ0v) is 15.1. The summed E-state index contributed by atoms with van der Waals surface area (Å²) in [6.07, 6.45) is 0. The highest BCUT2D eigenvalue weighted by Crippen LogP contribution is 2.17. The van der Waals surface area contributed by atoms with Gasteiger partial charge in [-0.05, 0) is 49.4 Å². The van der Waals surface area contributed by atoms with Gasteiger partial charge in [-0.3, -0.25) is 4.79 Å². The Morgan fingerprint density at radius 3 is 2.58 bits per heavy atom. The highest BCUT2D eigenvalue weighted by atomic mass is 35.5. The fraction of sp³-hybridized carbons (Fsp3) is 0.263. The standard InChI is InChI=1S/C19H20ClN3O3/c1-13-12-26-10-9-23(13)18(24)14-3-2-4-17(11-14)22-19(25)21-16-7-5-15(20)6-8-16/h2-8,11,13H,9-10,12H2,1H3,(H2,21,22,25). The minimum atomic E-state index is -0.392. The number of morpholine rings is 1. The third-order valence-electron chi connectivity index (χ3n) is 4.10. The van der Waals surface area contributed by atoms with E-state index >= 15 is 0 Å². The number of ether oxygens (including phenoxy) is 1. The topological polar surface area (TPSA) is 70.7 Å². The lowest BCUT2D eigenvalue weighted by atomic mass is 10.1. The van der Waals surface area contributed by atoms with Crippen molar-refractivity contribution in [3.63, 3.8) is 0 Å². The molecular formula is C19H20ClN3O3. The van der Waals surface area contributed by atoms with Gasteiger partial charge in [0.2, 0.25) is 0 Å². The van der Waals surface area contributed by atoms with Gasteiger partial charge in [0.25, 0.3) is 5.91 Å². The van der Waals surface area contributed by atoms with E-state index in [1.165, 1.54) is 0 Å². The van der Waals surface area contributed by atoms with Crippen molar-refractivity contribution in [2.45, 2.75) is 13.0 Å². The predicted molar refractivity (Wildman–Crippen MR) is 102 cm³/mol. The van der Waals surface area contributed by atoms with E-state index in [-0.39, 0.29) is 11.9 Å². The Labute approximate surface area is 157 Å². The molecule has 3 amide bonds. The van der Waals surface area contributed by atoms with Gasteiger partial charge in [-0.1, -0.05) is 17.7 Å². The molecule has 1 aliphatic rings. The van der Waals surface area contributed by atoms with Gasteiger partial charge in [0.05, 0.1) is 19.3 Å². The zero-order chi connectivity index (χ0) is 18.5. The zero-order valence-electron chi connectivity index (χ0n) is 14.4. The number of anilines is 2. The van der Waals surface area contributed by atoms with E-state index in [1.807, 2.05) is 6.92 Å². The van der Waals surface area contributed by atoms with E-state index in [1.54, 1.807) is 53.4 Å². The van der Waals surface area contributed by atoms with Crippen LogP contribution in [0.4, 0.5) is 16.2 Å². The summed E-state index contributed by atoms with van der Waals surface area (Å²) < 4.78 is 5.37. The molecular weight excluding hydrogens is 354 g/mol. The molecule has 1 heterocycles. The molecule has 0 aliphatic carbocycles. The van der Waals surface area contributed by atoms with E-state index in [0.29, 0.717) is 41.7 Å². The molecule has 1 atom stereocenters. The number of halogens is 1. The highest BCUT2D eigenvalue weighted by molar-refractivity contribution is 6.30. The van der Waals surface area contributed by atoms with Crippen LogP contribution in [-0.4, -0.2) is 42.6 Å². The smallest absolute Gasteiger partial charge is 0.323 e. The third kappa shape index (κ3) is 4.53. The summed E-state index contributed by atoms with van der Waals surface area (Å²) in [6.45, 7) is 3.60. The molecule has 0 saturated carbocycles. The van der Waals surface area contributed by atoms with Crippen LogP contribution in [-0.2, 0) is 4.74 Å².